The SMILES string of the molecule is CCOC(=O)C1=C(CN2CCN3C(=O)N(c4ccc(/C(C)=C/C(=O)O)cc4)C[C@@H]3C2)NC(c2nccs2)=N[C@H]1c1ccc(F)cc1Br. The topological polar surface area (TPSA) is 128 Å². The van der Waals surface area contributed by atoms with E-state index in [0.717, 1.165) is 17.3 Å². The summed E-state index contributed by atoms with van der Waals surface area (Å²) in [6, 6.07) is 10.7. The molecule has 2 fully saturated rings. The van der Waals surface area contributed by atoms with E-state index in [1.165, 1.54) is 23.5 Å². The molecule has 0 radical (unpaired) electrons. The van der Waals surface area contributed by atoms with Crippen molar-refractivity contribution in [3.8, 4) is 0 Å². The summed E-state index contributed by atoms with van der Waals surface area (Å²) >= 11 is 4.88. The summed E-state index contributed by atoms with van der Waals surface area (Å²) in [7, 11) is 0. The zero-order valence-corrected chi connectivity index (χ0v) is 28.1. The molecular weight excluding hydrogens is 691 g/mol. The molecule has 2 atom stereocenters. The Morgan fingerprint density at radius 2 is 1.98 bits per heavy atom. The fourth-order valence-corrected chi connectivity index (χ4v) is 7.25. The Bertz CT molecular complexity index is 1790. The van der Waals surface area contributed by atoms with Crippen LogP contribution in [0.3, 0.4) is 0 Å². The molecule has 244 valence electrons. The van der Waals surface area contributed by atoms with Crippen molar-refractivity contribution in [3.05, 3.63) is 97.8 Å². The molecule has 2 amide bonds. The molecule has 3 aliphatic rings. The van der Waals surface area contributed by atoms with Crippen LogP contribution in [0.1, 0.15) is 36.0 Å². The number of carboxylic acids is 1. The first-order valence-electron chi connectivity index (χ1n) is 15.0. The van der Waals surface area contributed by atoms with Crippen molar-refractivity contribution in [2.24, 2.45) is 4.99 Å². The van der Waals surface area contributed by atoms with Crippen LogP contribution >= 0.6 is 27.3 Å². The molecule has 0 aliphatic carbocycles. The normalized spacial score (nSPS) is 20.2. The number of amidine groups is 1. The number of allylic oxidation sites excluding steroid dienone is 1. The number of benzene rings is 2. The predicted octanol–water partition coefficient (Wildman–Crippen LogP) is 5.07. The monoisotopic (exact) mass is 722 g/mol. The minimum Gasteiger partial charge on any atom is -0.478 e. The fourth-order valence-electron chi connectivity index (χ4n) is 6.09. The average Bonchev–Trinajstić information content (AvgIpc) is 3.69. The molecule has 3 aliphatic heterocycles. The number of amides is 2. The molecule has 0 unspecified atom stereocenters. The second-order valence-electron chi connectivity index (χ2n) is 11.3. The molecule has 2 saturated heterocycles. The Labute approximate surface area is 283 Å². The predicted molar refractivity (Wildman–Crippen MR) is 180 cm³/mol. The summed E-state index contributed by atoms with van der Waals surface area (Å²) in [4.78, 5) is 53.2. The lowest BCUT2D eigenvalue weighted by Crippen LogP contribution is -2.53. The number of rotatable bonds is 9. The highest BCUT2D eigenvalue weighted by molar-refractivity contribution is 9.10. The molecule has 6 rings (SSSR count). The molecule has 2 aromatic carbocycles. The van der Waals surface area contributed by atoms with Crippen LogP contribution in [-0.2, 0) is 14.3 Å². The third-order valence-corrected chi connectivity index (χ3v) is 9.77. The highest BCUT2D eigenvalue weighted by Gasteiger charge is 2.42. The van der Waals surface area contributed by atoms with E-state index < -0.39 is 23.8 Å². The van der Waals surface area contributed by atoms with Gasteiger partial charge in [0.1, 0.15) is 11.9 Å². The maximum atomic E-state index is 14.1. The number of nitrogens with one attached hydrogen (secondary N) is 1. The molecule has 47 heavy (non-hydrogen) atoms. The van der Waals surface area contributed by atoms with Crippen LogP contribution in [0.4, 0.5) is 14.9 Å². The average molecular weight is 724 g/mol. The van der Waals surface area contributed by atoms with Crippen molar-refractivity contribution in [1.82, 2.24) is 20.1 Å². The first-order chi connectivity index (χ1) is 22.6. The van der Waals surface area contributed by atoms with E-state index in [1.54, 1.807) is 31.0 Å². The number of nitrogens with zero attached hydrogens (tertiary/aromatic N) is 5. The van der Waals surface area contributed by atoms with Crippen LogP contribution in [-0.4, -0.2) is 89.1 Å². The molecular formula is C33H32BrFN6O5S. The zero-order chi connectivity index (χ0) is 33.2. The lowest BCUT2D eigenvalue weighted by atomic mass is 9.95. The van der Waals surface area contributed by atoms with E-state index in [9.17, 15) is 18.8 Å². The quantitative estimate of drug-likeness (QED) is 0.232. The number of carboxylic acid groups (broad SMARTS) is 1. The Balaban J connectivity index is 1.26. The third-order valence-electron chi connectivity index (χ3n) is 8.31. The maximum absolute atomic E-state index is 14.1. The van der Waals surface area contributed by atoms with E-state index in [1.807, 2.05) is 34.5 Å². The van der Waals surface area contributed by atoms with Crippen LogP contribution in [0, 0.1) is 5.82 Å². The smallest absolute Gasteiger partial charge is 0.338 e. The molecule has 2 N–H and O–H groups in total. The lowest BCUT2D eigenvalue weighted by Gasteiger charge is -2.38. The summed E-state index contributed by atoms with van der Waals surface area (Å²) in [6.45, 7) is 6.12. The minimum atomic E-state index is -1.01. The Morgan fingerprint density at radius 1 is 1.19 bits per heavy atom. The van der Waals surface area contributed by atoms with Crippen LogP contribution < -0.4 is 10.2 Å². The van der Waals surface area contributed by atoms with Gasteiger partial charge in [-0.25, -0.2) is 23.8 Å². The highest BCUT2D eigenvalue weighted by Crippen LogP contribution is 2.37. The van der Waals surface area contributed by atoms with Gasteiger partial charge >= 0.3 is 18.0 Å². The van der Waals surface area contributed by atoms with Crippen molar-refractivity contribution < 1.29 is 28.6 Å². The van der Waals surface area contributed by atoms with Gasteiger partial charge in [-0.3, -0.25) is 14.8 Å². The van der Waals surface area contributed by atoms with Gasteiger partial charge < -0.3 is 20.1 Å². The second-order valence-corrected chi connectivity index (χ2v) is 13.1. The third kappa shape index (κ3) is 6.85. The van der Waals surface area contributed by atoms with Gasteiger partial charge in [-0.05, 0) is 54.8 Å². The number of aromatic nitrogens is 1. The van der Waals surface area contributed by atoms with Gasteiger partial charge in [0.05, 0.1) is 18.2 Å². The number of piperazine rings is 1. The van der Waals surface area contributed by atoms with Gasteiger partial charge in [-0.2, -0.15) is 0 Å². The number of carbonyl (C=O) groups is 3. The van der Waals surface area contributed by atoms with E-state index >= 15 is 0 Å². The van der Waals surface area contributed by atoms with Crippen LogP contribution in [0.15, 0.2) is 80.9 Å². The number of aliphatic carboxylic acids is 1. The van der Waals surface area contributed by atoms with Crippen molar-refractivity contribution in [2.45, 2.75) is 25.9 Å². The minimum absolute atomic E-state index is 0.0816. The van der Waals surface area contributed by atoms with E-state index in [0.29, 0.717) is 70.4 Å². The van der Waals surface area contributed by atoms with Crippen molar-refractivity contribution in [2.75, 3.05) is 44.2 Å². The first-order valence-corrected chi connectivity index (χ1v) is 16.7. The van der Waals surface area contributed by atoms with Crippen molar-refractivity contribution >= 4 is 62.3 Å². The largest absolute Gasteiger partial charge is 0.478 e. The Hall–Kier alpha value is -4.40. The van der Waals surface area contributed by atoms with Crippen LogP contribution in [0.2, 0.25) is 0 Å². The fraction of sp³-hybridized carbons (Fsp3) is 0.303. The summed E-state index contributed by atoms with van der Waals surface area (Å²) in [6.07, 6.45) is 2.84. The van der Waals surface area contributed by atoms with Crippen LogP contribution in [0.25, 0.3) is 5.57 Å². The number of anilines is 1. The molecule has 0 bridgehead atoms. The number of halogens is 2. The molecule has 0 spiro atoms. The molecule has 4 heterocycles. The number of ether oxygens (including phenoxy) is 1. The maximum Gasteiger partial charge on any atom is 0.338 e. The molecule has 11 nitrogen and oxygen atoms in total. The van der Waals surface area contributed by atoms with Gasteiger partial charge in [0.2, 0.25) is 0 Å². The summed E-state index contributed by atoms with van der Waals surface area (Å²) in [5.41, 5.74) is 3.68. The standard InChI is InChI=1S/C33H32BrFN6O5S/c1-3-46-32(44)28-26(37-30(31-36-10-13-47-31)38-29(28)24-9-6-21(35)15-25(24)34)18-39-11-12-40-23(16-39)17-41(33(40)45)22-7-4-20(5-8-22)19(2)14-27(42)43/h4-10,13-15,23,29H,3,11-12,16-18H2,1-2H3,(H,37,38)(H,42,43)/b19-14+/t23-,29-/m0/s1. The van der Waals surface area contributed by atoms with E-state index in [-0.39, 0.29) is 18.7 Å². The highest BCUT2D eigenvalue weighted by atomic mass is 79.9. The second kappa shape index (κ2) is 13.8. The number of hydrogen-bond acceptors (Lipinski definition) is 9. The van der Waals surface area contributed by atoms with E-state index in [2.05, 4.69) is 31.1 Å². The number of fused-ring (bicyclic) bond motifs is 1. The number of urea groups is 1. The molecule has 1 aromatic heterocycles. The lowest BCUT2D eigenvalue weighted by molar-refractivity contribution is -0.139. The number of hydrogen-bond donors (Lipinski definition) is 2. The zero-order valence-electron chi connectivity index (χ0n) is 25.7. The van der Waals surface area contributed by atoms with Crippen molar-refractivity contribution in [1.29, 1.82) is 0 Å². The van der Waals surface area contributed by atoms with Gasteiger partial charge in [-0.15, -0.1) is 11.3 Å². The molecule has 3 aromatic rings. The van der Waals surface area contributed by atoms with Gasteiger partial charge in [0.25, 0.3) is 0 Å². The van der Waals surface area contributed by atoms with Crippen LogP contribution in [0.5, 0.6) is 0 Å². The van der Waals surface area contributed by atoms with Gasteiger partial charge in [0.15, 0.2) is 10.8 Å². The Morgan fingerprint density at radius 3 is 2.66 bits per heavy atom. The first kappa shape index (κ1) is 32.5. The van der Waals surface area contributed by atoms with Crippen molar-refractivity contribution in [3.63, 3.8) is 0 Å². The number of esters is 1. The van der Waals surface area contributed by atoms with Gasteiger partial charge in [-0.1, -0.05) is 34.1 Å². The number of aliphatic imine (C=N–C) groups is 1. The molecule has 14 heteroatoms. The summed E-state index contributed by atoms with van der Waals surface area (Å²) in [5, 5.41) is 14.9. The van der Waals surface area contributed by atoms with Gasteiger partial charge in [0, 0.05) is 66.2 Å². The number of carbonyl (C=O) groups excluding carboxylic acids is 2. The summed E-state index contributed by atoms with van der Waals surface area (Å²) in [5.74, 6) is -1.44. The summed E-state index contributed by atoms with van der Waals surface area (Å²) < 4.78 is 20.1. The van der Waals surface area contributed by atoms with E-state index in [4.69, 9.17) is 14.8 Å². The molecule has 0 saturated carbocycles. The Kier molecular flexibility index (Phi) is 9.52. The number of thiazole rings is 1.